The van der Waals surface area contributed by atoms with E-state index >= 15 is 0 Å². The van der Waals surface area contributed by atoms with Crippen LogP contribution < -0.4 is 0 Å². The van der Waals surface area contributed by atoms with Crippen LogP contribution in [0.15, 0.2) is 0 Å². The van der Waals surface area contributed by atoms with E-state index in [0.29, 0.717) is 24.6 Å². The SMILES string of the molecule is CCC(CC)C(=O)N1CCS(=O)CC1. The lowest BCUT2D eigenvalue weighted by atomic mass is 10.0. The molecule has 1 saturated heterocycles. The molecule has 0 atom stereocenters. The summed E-state index contributed by atoms with van der Waals surface area (Å²) in [4.78, 5) is 13.8. The van der Waals surface area contributed by atoms with Gasteiger partial charge in [-0.25, -0.2) is 0 Å². The molecule has 0 aromatic heterocycles. The van der Waals surface area contributed by atoms with Crippen molar-refractivity contribution in [2.75, 3.05) is 24.6 Å². The van der Waals surface area contributed by atoms with Crippen molar-refractivity contribution < 1.29 is 9.00 Å². The van der Waals surface area contributed by atoms with Gasteiger partial charge in [0.05, 0.1) is 0 Å². The van der Waals surface area contributed by atoms with Crippen molar-refractivity contribution in [1.29, 1.82) is 0 Å². The molecule has 1 rings (SSSR count). The van der Waals surface area contributed by atoms with Crippen molar-refractivity contribution in [3.05, 3.63) is 0 Å². The van der Waals surface area contributed by atoms with Gasteiger partial charge in [-0.05, 0) is 12.8 Å². The Balaban J connectivity index is 2.48. The summed E-state index contributed by atoms with van der Waals surface area (Å²) in [5, 5.41) is 0. The first kappa shape index (κ1) is 11.7. The molecule has 4 heteroatoms. The summed E-state index contributed by atoms with van der Waals surface area (Å²) in [7, 11) is -0.688. The zero-order chi connectivity index (χ0) is 10.6. The summed E-state index contributed by atoms with van der Waals surface area (Å²) in [6.45, 7) is 5.46. The maximum Gasteiger partial charge on any atom is 0.225 e. The largest absolute Gasteiger partial charge is 0.341 e. The van der Waals surface area contributed by atoms with E-state index in [0.717, 1.165) is 12.8 Å². The molecule has 0 aromatic carbocycles. The molecular formula is C10H19NO2S. The number of carbonyl (C=O) groups is 1. The molecule has 0 N–H and O–H groups in total. The molecule has 0 radical (unpaired) electrons. The lowest BCUT2D eigenvalue weighted by Gasteiger charge is -2.29. The van der Waals surface area contributed by atoms with E-state index in [1.165, 1.54) is 0 Å². The van der Waals surface area contributed by atoms with Crippen LogP contribution in [0.1, 0.15) is 26.7 Å². The molecule has 0 bridgehead atoms. The van der Waals surface area contributed by atoms with Crippen LogP contribution in [0, 0.1) is 5.92 Å². The lowest BCUT2D eigenvalue weighted by Crippen LogP contribution is -2.44. The first-order chi connectivity index (χ1) is 6.69. The number of hydrogen-bond acceptors (Lipinski definition) is 2. The van der Waals surface area contributed by atoms with E-state index in [2.05, 4.69) is 0 Å². The number of carbonyl (C=O) groups excluding carboxylic acids is 1. The van der Waals surface area contributed by atoms with Gasteiger partial charge in [-0.2, -0.15) is 0 Å². The van der Waals surface area contributed by atoms with Crippen LogP contribution in [0.25, 0.3) is 0 Å². The third-order valence-electron chi connectivity index (χ3n) is 2.82. The van der Waals surface area contributed by atoms with Crippen LogP contribution in [-0.2, 0) is 15.6 Å². The summed E-state index contributed by atoms with van der Waals surface area (Å²) < 4.78 is 11.1. The second-order valence-electron chi connectivity index (χ2n) is 3.69. The molecule has 1 fully saturated rings. The van der Waals surface area contributed by atoms with Gasteiger partial charge in [0.1, 0.15) is 0 Å². The molecule has 3 nitrogen and oxygen atoms in total. The third kappa shape index (κ3) is 2.80. The van der Waals surface area contributed by atoms with Gasteiger partial charge in [0.15, 0.2) is 0 Å². The maximum atomic E-state index is 11.9. The first-order valence-electron chi connectivity index (χ1n) is 5.32. The van der Waals surface area contributed by atoms with Crippen molar-refractivity contribution in [3.8, 4) is 0 Å². The van der Waals surface area contributed by atoms with Gasteiger partial charge < -0.3 is 4.90 Å². The standard InChI is InChI=1S/C10H19NO2S/c1-3-9(4-2)10(12)11-5-7-14(13)8-6-11/h9H,3-8H2,1-2H3. The van der Waals surface area contributed by atoms with Crippen LogP contribution in [-0.4, -0.2) is 39.6 Å². The van der Waals surface area contributed by atoms with Gasteiger partial charge >= 0.3 is 0 Å². The molecule has 0 aliphatic carbocycles. The second-order valence-corrected chi connectivity index (χ2v) is 5.38. The minimum Gasteiger partial charge on any atom is -0.341 e. The highest BCUT2D eigenvalue weighted by Gasteiger charge is 2.24. The predicted molar refractivity (Wildman–Crippen MR) is 58.5 cm³/mol. The first-order valence-corrected chi connectivity index (χ1v) is 6.81. The fourth-order valence-electron chi connectivity index (χ4n) is 1.75. The van der Waals surface area contributed by atoms with Gasteiger partial charge in [0.2, 0.25) is 5.91 Å². The molecule has 1 heterocycles. The number of rotatable bonds is 3. The van der Waals surface area contributed by atoms with Crippen LogP contribution in [0.3, 0.4) is 0 Å². The Morgan fingerprint density at radius 1 is 1.29 bits per heavy atom. The van der Waals surface area contributed by atoms with E-state index in [1.54, 1.807) is 0 Å². The molecular weight excluding hydrogens is 198 g/mol. The van der Waals surface area contributed by atoms with Crippen molar-refractivity contribution in [2.45, 2.75) is 26.7 Å². The Bertz CT molecular complexity index is 216. The summed E-state index contributed by atoms with van der Waals surface area (Å²) in [6, 6.07) is 0. The smallest absolute Gasteiger partial charge is 0.225 e. The van der Waals surface area contributed by atoms with E-state index in [9.17, 15) is 9.00 Å². The molecule has 1 amide bonds. The monoisotopic (exact) mass is 217 g/mol. The van der Waals surface area contributed by atoms with Crippen molar-refractivity contribution >= 4 is 16.7 Å². The summed E-state index contributed by atoms with van der Waals surface area (Å²) in [5.74, 6) is 1.74. The lowest BCUT2D eigenvalue weighted by molar-refractivity contribution is -0.135. The summed E-state index contributed by atoms with van der Waals surface area (Å²) in [5.41, 5.74) is 0. The summed E-state index contributed by atoms with van der Waals surface area (Å²) >= 11 is 0. The zero-order valence-electron chi connectivity index (χ0n) is 8.99. The van der Waals surface area contributed by atoms with E-state index in [-0.39, 0.29) is 11.8 Å². The van der Waals surface area contributed by atoms with Crippen molar-refractivity contribution in [2.24, 2.45) is 5.92 Å². The average molecular weight is 217 g/mol. The normalized spacial score (nSPS) is 18.9. The molecule has 1 aliphatic heterocycles. The second kappa shape index (κ2) is 5.49. The Labute approximate surface area is 88.3 Å². The van der Waals surface area contributed by atoms with E-state index in [4.69, 9.17) is 0 Å². The molecule has 14 heavy (non-hydrogen) atoms. The Kier molecular flexibility index (Phi) is 4.58. The zero-order valence-corrected chi connectivity index (χ0v) is 9.81. The topological polar surface area (TPSA) is 37.4 Å². The average Bonchev–Trinajstić information content (AvgIpc) is 2.20. The van der Waals surface area contributed by atoms with E-state index in [1.807, 2.05) is 18.7 Å². The van der Waals surface area contributed by atoms with E-state index < -0.39 is 10.8 Å². The molecule has 0 aromatic rings. The van der Waals surface area contributed by atoms with Crippen LogP contribution in [0.5, 0.6) is 0 Å². The number of amides is 1. The highest BCUT2D eigenvalue weighted by molar-refractivity contribution is 7.85. The molecule has 0 saturated carbocycles. The van der Waals surface area contributed by atoms with Gasteiger partial charge in [-0.1, -0.05) is 13.8 Å². The molecule has 0 spiro atoms. The highest BCUT2D eigenvalue weighted by atomic mass is 32.2. The minimum absolute atomic E-state index is 0.168. The van der Waals surface area contributed by atoms with Crippen molar-refractivity contribution in [1.82, 2.24) is 4.90 Å². The van der Waals surface area contributed by atoms with Gasteiger partial charge in [-0.3, -0.25) is 9.00 Å². The van der Waals surface area contributed by atoms with Gasteiger partial charge in [0.25, 0.3) is 0 Å². The molecule has 0 unspecified atom stereocenters. The molecule has 1 aliphatic rings. The number of nitrogens with zero attached hydrogens (tertiary/aromatic N) is 1. The van der Waals surface area contributed by atoms with Crippen LogP contribution in [0.4, 0.5) is 0 Å². The van der Waals surface area contributed by atoms with Crippen molar-refractivity contribution in [3.63, 3.8) is 0 Å². The fourth-order valence-corrected chi connectivity index (χ4v) is 2.81. The highest BCUT2D eigenvalue weighted by Crippen LogP contribution is 2.13. The Morgan fingerprint density at radius 2 is 1.79 bits per heavy atom. The summed E-state index contributed by atoms with van der Waals surface area (Å²) in [6.07, 6.45) is 1.82. The Hall–Kier alpha value is -0.380. The van der Waals surface area contributed by atoms with Gasteiger partial charge in [0, 0.05) is 41.3 Å². The fraction of sp³-hybridized carbons (Fsp3) is 0.900. The predicted octanol–water partition coefficient (Wildman–Crippen LogP) is 1.01. The third-order valence-corrected chi connectivity index (χ3v) is 4.10. The quantitative estimate of drug-likeness (QED) is 0.707. The minimum atomic E-state index is -0.688. The Morgan fingerprint density at radius 3 is 2.21 bits per heavy atom. The van der Waals surface area contributed by atoms with Crippen LogP contribution >= 0.6 is 0 Å². The molecule has 82 valence electrons. The van der Waals surface area contributed by atoms with Crippen LogP contribution in [0.2, 0.25) is 0 Å². The number of hydrogen-bond donors (Lipinski definition) is 0. The van der Waals surface area contributed by atoms with Gasteiger partial charge in [-0.15, -0.1) is 0 Å². The maximum absolute atomic E-state index is 11.9.